The number of aryl methyl sites for hydroxylation is 1. The topological polar surface area (TPSA) is 58.4 Å². The maximum Gasteiger partial charge on any atom is 0.230 e. The fraction of sp³-hybridized carbons (Fsp3) is 0.300. The molecule has 5 heteroatoms. The molecule has 1 saturated heterocycles. The van der Waals surface area contributed by atoms with Gasteiger partial charge in [0.15, 0.2) is 5.58 Å². The number of benzene rings is 2. The first-order chi connectivity index (χ1) is 12.2. The molecule has 2 heterocycles. The fourth-order valence-electron chi connectivity index (χ4n) is 3.37. The number of rotatable bonds is 4. The van der Waals surface area contributed by atoms with Gasteiger partial charge in [-0.25, -0.2) is 0 Å². The van der Waals surface area contributed by atoms with Gasteiger partial charge in [-0.05, 0) is 55.7 Å². The molecule has 3 aromatic rings. The van der Waals surface area contributed by atoms with E-state index < -0.39 is 0 Å². The van der Waals surface area contributed by atoms with Gasteiger partial charge in [-0.15, -0.1) is 0 Å². The van der Waals surface area contributed by atoms with E-state index in [1.165, 1.54) is 18.5 Å². The molecule has 1 aliphatic rings. The average Bonchev–Trinajstić information content (AvgIpc) is 3.27. The van der Waals surface area contributed by atoms with E-state index in [2.05, 4.69) is 27.5 Å². The van der Waals surface area contributed by atoms with E-state index in [4.69, 9.17) is 4.52 Å². The van der Waals surface area contributed by atoms with Crippen molar-refractivity contribution < 1.29 is 9.32 Å². The number of para-hydroxylation sites is 1. The summed E-state index contributed by atoms with van der Waals surface area (Å²) < 4.78 is 5.26. The zero-order valence-corrected chi connectivity index (χ0v) is 14.3. The van der Waals surface area contributed by atoms with E-state index in [-0.39, 0.29) is 12.3 Å². The van der Waals surface area contributed by atoms with Crippen molar-refractivity contribution in [2.24, 2.45) is 0 Å². The van der Waals surface area contributed by atoms with Crippen molar-refractivity contribution in [3.05, 3.63) is 53.7 Å². The Morgan fingerprint density at radius 2 is 2.00 bits per heavy atom. The number of carbonyl (C=O) groups excluding carboxylic acids is 1. The number of hydrogen-bond acceptors (Lipinski definition) is 4. The summed E-state index contributed by atoms with van der Waals surface area (Å²) in [4.78, 5) is 14.8. The highest BCUT2D eigenvalue weighted by molar-refractivity contribution is 5.95. The van der Waals surface area contributed by atoms with Crippen LogP contribution in [-0.2, 0) is 11.2 Å². The number of fused-ring (bicyclic) bond motifs is 1. The van der Waals surface area contributed by atoms with Crippen LogP contribution in [0.4, 0.5) is 11.4 Å². The molecule has 0 atom stereocenters. The lowest BCUT2D eigenvalue weighted by Crippen LogP contribution is -2.18. The molecule has 0 bridgehead atoms. The molecule has 1 fully saturated rings. The highest BCUT2D eigenvalue weighted by Crippen LogP contribution is 2.26. The molecule has 0 saturated carbocycles. The number of anilines is 2. The first-order valence-corrected chi connectivity index (χ1v) is 8.69. The number of nitrogens with one attached hydrogen (secondary N) is 1. The highest BCUT2D eigenvalue weighted by atomic mass is 16.5. The quantitative estimate of drug-likeness (QED) is 0.785. The molecule has 0 spiro atoms. The molecule has 1 aliphatic heterocycles. The molecule has 0 aliphatic carbocycles. The van der Waals surface area contributed by atoms with E-state index in [1.807, 2.05) is 37.3 Å². The number of hydrogen-bond donors (Lipinski definition) is 1. The second-order valence-corrected chi connectivity index (χ2v) is 6.54. The minimum Gasteiger partial charge on any atom is -0.372 e. The van der Waals surface area contributed by atoms with Crippen LogP contribution in [0.2, 0.25) is 0 Å². The summed E-state index contributed by atoms with van der Waals surface area (Å²) in [5.74, 6) is -0.0870. The number of nitrogens with zero attached hydrogens (tertiary/aromatic N) is 2. The first kappa shape index (κ1) is 15.7. The maximum absolute atomic E-state index is 12.4. The van der Waals surface area contributed by atoms with Gasteiger partial charge in [0.25, 0.3) is 0 Å². The number of amides is 1. The van der Waals surface area contributed by atoms with E-state index in [1.54, 1.807) is 0 Å². The van der Waals surface area contributed by atoms with Gasteiger partial charge in [0.2, 0.25) is 5.91 Å². The molecule has 1 aromatic heterocycles. The summed E-state index contributed by atoms with van der Waals surface area (Å²) in [6.45, 7) is 4.26. The van der Waals surface area contributed by atoms with Crippen molar-refractivity contribution in [1.29, 1.82) is 0 Å². The highest BCUT2D eigenvalue weighted by Gasteiger charge is 2.15. The van der Waals surface area contributed by atoms with Crippen LogP contribution in [0.3, 0.4) is 0 Å². The average molecular weight is 335 g/mol. The summed E-state index contributed by atoms with van der Waals surface area (Å²) in [6, 6.07) is 13.8. The Morgan fingerprint density at radius 3 is 2.80 bits per heavy atom. The Morgan fingerprint density at radius 1 is 1.20 bits per heavy atom. The second kappa shape index (κ2) is 6.59. The lowest BCUT2D eigenvalue weighted by atomic mass is 10.1. The fourth-order valence-corrected chi connectivity index (χ4v) is 3.37. The van der Waals surface area contributed by atoms with Crippen molar-refractivity contribution in [2.45, 2.75) is 26.2 Å². The Balaban J connectivity index is 1.47. The molecule has 5 nitrogen and oxygen atoms in total. The smallest absolute Gasteiger partial charge is 0.230 e. The first-order valence-electron chi connectivity index (χ1n) is 8.69. The third-order valence-electron chi connectivity index (χ3n) is 4.74. The maximum atomic E-state index is 12.4. The molecule has 0 radical (unpaired) electrons. The Bertz CT molecular complexity index is 910. The van der Waals surface area contributed by atoms with Crippen LogP contribution in [0, 0.1) is 6.92 Å². The van der Waals surface area contributed by atoms with Gasteiger partial charge in [0.1, 0.15) is 5.69 Å². The van der Waals surface area contributed by atoms with Crippen LogP contribution in [-0.4, -0.2) is 24.2 Å². The van der Waals surface area contributed by atoms with Crippen LogP contribution in [0.15, 0.2) is 47.0 Å². The minimum atomic E-state index is -0.0870. The molecule has 1 N–H and O–H groups in total. The Labute approximate surface area is 146 Å². The number of aromatic nitrogens is 1. The summed E-state index contributed by atoms with van der Waals surface area (Å²) in [6.07, 6.45) is 2.71. The molecule has 4 rings (SSSR count). The van der Waals surface area contributed by atoms with Gasteiger partial charge in [-0.3, -0.25) is 4.79 Å². The van der Waals surface area contributed by atoms with Gasteiger partial charge in [0, 0.05) is 29.9 Å². The molecule has 0 unspecified atom stereocenters. The van der Waals surface area contributed by atoms with Crippen LogP contribution >= 0.6 is 0 Å². The Hall–Kier alpha value is -2.82. The number of carbonyl (C=O) groups is 1. The van der Waals surface area contributed by atoms with Crippen LogP contribution < -0.4 is 10.2 Å². The zero-order valence-electron chi connectivity index (χ0n) is 14.3. The molecule has 1 amide bonds. The predicted octanol–water partition coefficient (Wildman–Crippen LogP) is 3.92. The largest absolute Gasteiger partial charge is 0.372 e. The molecular weight excluding hydrogens is 314 g/mol. The van der Waals surface area contributed by atoms with Crippen LogP contribution in [0.1, 0.15) is 24.1 Å². The summed E-state index contributed by atoms with van der Waals surface area (Å²) in [5, 5.41) is 7.90. The van der Waals surface area contributed by atoms with Crippen LogP contribution in [0.25, 0.3) is 11.0 Å². The zero-order chi connectivity index (χ0) is 17.2. The van der Waals surface area contributed by atoms with Crippen molar-refractivity contribution in [3.8, 4) is 0 Å². The normalized spacial score (nSPS) is 14.2. The lowest BCUT2D eigenvalue weighted by Gasteiger charge is -2.19. The lowest BCUT2D eigenvalue weighted by molar-refractivity contribution is -0.115. The molecule has 25 heavy (non-hydrogen) atoms. The van der Waals surface area contributed by atoms with Crippen molar-refractivity contribution in [3.63, 3.8) is 0 Å². The van der Waals surface area contributed by atoms with E-state index >= 15 is 0 Å². The minimum absolute atomic E-state index is 0.0870. The van der Waals surface area contributed by atoms with Crippen molar-refractivity contribution >= 4 is 28.3 Å². The summed E-state index contributed by atoms with van der Waals surface area (Å²) >= 11 is 0. The monoisotopic (exact) mass is 335 g/mol. The second-order valence-electron chi connectivity index (χ2n) is 6.54. The van der Waals surface area contributed by atoms with Gasteiger partial charge in [-0.1, -0.05) is 17.3 Å². The third kappa shape index (κ3) is 3.22. The van der Waals surface area contributed by atoms with Crippen LogP contribution in [0.5, 0.6) is 0 Å². The van der Waals surface area contributed by atoms with E-state index in [0.29, 0.717) is 11.3 Å². The molecular formula is C20H21N3O2. The Kier molecular flexibility index (Phi) is 4.14. The third-order valence-corrected chi connectivity index (χ3v) is 4.74. The molecule has 2 aromatic carbocycles. The predicted molar refractivity (Wildman–Crippen MR) is 99.0 cm³/mol. The van der Waals surface area contributed by atoms with Crippen molar-refractivity contribution in [2.75, 3.05) is 23.3 Å². The van der Waals surface area contributed by atoms with Gasteiger partial charge < -0.3 is 14.7 Å². The van der Waals surface area contributed by atoms with E-state index in [9.17, 15) is 4.79 Å². The summed E-state index contributed by atoms with van der Waals surface area (Å²) in [7, 11) is 0. The SMILES string of the molecule is Cc1cc(N2CCCC2)ccc1NC(=O)Cc1noc2ccccc12. The summed E-state index contributed by atoms with van der Waals surface area (Å²) in [5.41, 5.74) is 4.52. The van der Waals surface area contributed by atoms with Gasteiger partial charge >= 0.3 is 0 Å². The van der Waals surface area contributed by atoms with E-state index in [0.717, 1.165) is 29.7 Å². The van der Waals surface area contributed by atoms with Crippen molar-refractivity contribution in [1.82, 2.24) is 5.16 Å². The standard InChI is InChI=1S/C20H21N3O2/c1-14-12-15(23-10-4-5-11-23)8-9-17(14)21-20(24)13-18-16-6-2-3-7-19(16)25-22-18/h2-3,6-9,12H,4-5,10-11,13H2,1H3,(H,21,24). The molecule has 128 valence electrons. The van der Waals surface area contributed by atoms with Gasteiger partial charge in [0.05, 0.1) is 6.42 Å². The van der Waals surface area contributed by atoms with Gasteiger partial charge in [-0.2, -0.15) is 0 Å².